The normalized spacial score (nSPS) is 14.3. The first-order valence-electron chi connectivity index (χ1n) is 23.3. The molecule has 11 aromatic rings. The van der Waals surface area contributed by atoms with Gasteiger partial charge in [0, 0.05) is 38.2 Å². The summed E-state index contributed by atoms with van der Waals surface area (Å²) >= 11 is 0. The molecule has 5 nitrogen and oxygen atoms in total. The van der Waals surface area contributed by atoms with Crippen LogP contribution in [0.2, 0.25) is 0 Å². The molecule has 0 atom stereocenters. The zero-order chi connectivity index (χ0) is 46.6. The minimum atomic E-state index is -0.692. The maximum absolute atomic E-state index is 9.57. The lowest BCUT2D eigenvalue weighted by Crippen LogP contribution is -2.00. The average Bonchev–Trinajstić information content (AvgIpc) is 3.96. The monoisotopic (exact) mass is 728 g/mol. The van der Waals surface area contributed by atoms with Crippen LogP contribution in [0.3, 0.4) is 0 Å². The highest BCUT2D eigenvalue weighted by Crippen LogP contribution is 2.40. The van der Waals surface area contributed by atoms with Crippen LogP contribution in [0.1, 0.15) is 15.1 Å². The van der Waals surface area contributed by atoms with Crippen molar-refractivity contribution >= 4 is 43.9 Å². The molecule has 0 spiro atoms. The van der Waals surface area contributed by atoms with Crippen molar-refractivity contribution in [1.29, 1.82) is 0 Å². The summed E-state index contributed by atoms with van der Waals surface area (Å²) in [5.74, 6) is 0.197. The highest BCUT2D eigenvalue weighted by Gasteiger charge is 2.20. The summed E-state index contributed by atoms with van der Waals surface area (Å²) in [5.41, 5.74) is 4.27. The molecule has 262 valence electrons. The Kier molecular flexibility index (Phi) is 5.25. The molecule has 0 saturated carbocycles. The number of para-hydroxylation sites is 2. The van der Waals surface area contributed by atoms with Gasteiger partial charge in [0.15, 0.2) is 17.5 Å². The van der Waals surface area contributed by atoms with E-state index in [1.807, 2.05) is 121 Å². The van der Waals surface area contributed by atoms with E-state index in [2.05, 4.69) is 0 Å². The third-order valence-electron chi connectivity index (χ3n) is 9.72. The first-order chi connectivity index (χ1) is 32.3. The quantitative estimate of drug-likeness (QED) is 0.171. The lowest BCUT2D eigenvalue weighted by molar-refractivity contribution is 0.669. The molecule has 8 aromatic carbocycles. The van der Waals surface area contributed by atoms with Gasteiger partial charge in [-0.25, -0.2) is 15.0 Å². The van der Waals surface area contributed by atoms with Crippen LogP contribution in [0, 0.1) is 0 Å². The molecule has 0 N–H and O–H groups in total. The van der Waals surface area contributed by atoms with E-state index in [0.29, 0.717) is 22.3 Å². The standard InChI is InChI=1S/C51H31N3O2/c1-4-12-32(13-5-1)34-22-24-36(25-23-34)49-52-50(38-26-28-40-44-30-37(33-14-6-2-7-15-33)27-29-45(44)55-46(40)31-38)54-51(53-49)43-21-11-20-42-41-19-10-18-39(47(41)56-48(42)43)35-16-8-3-9-17-35/h1-31H/i2D,6D,7D,14D,15D,26D,27D,28D,29D,30D,31D. The first kappa shape index (κ1) is 22.6. The van der Waals surface area contributed by atoms with Gasteiger partial charge in [-0.3, -0.25) is 0 Å². The highest BCUT2D eigenvalue weighted by atomic mass is 16.3. The van der Waals surface area contributed by atoms with Gasteiger partial charge in [-0.05, 0) is 58.1 Å². The predicted octanol–water partition coefficient (Wildman–Crippen LogP) is 13.7. The molecule has 11 rings (SSSR count). The topological polar surface area (TPSA) is 65.0 Å². The van der Waals surface area contributed by atoms with E-state index >= 15 is 0 Å². The van der Waals surface area contributed by atoms with Crippen molar-refractivity contribution in [3.05, 3.63) is 188 Å². The molecular weight excluding hydrogens is 687 g/mol. The fourth-order valence-corrected chi connectivity index (χ4v) is 7.02. The number of rotatable bonds is 6. The van der Waals surface area contributed by atoms with Gasteiger partial charge in [0.2, 0.25) is 0 Å². The number of nitrogens with zero attached hydrogens (tertiary/aromatic N) is 3. The van der Waals surface area contributed by atoms with Crippen LogP contribution in [0.25, 0.3) is 111 Å². The van der Waals surface area contributed by atoms with Crippen LogP contribution in [0.4, 0.5) is 0 Å². The van der Waals surface area contributed by atoms with Crippen molar-refractivity contribution in [1.82, 2.24) is 15.0 Å². The zero-order valence-electron chi connectivity index (χ0n) is 40.2. The minimum Gasteiger partial charge on any atom is -0.456 e. The van der Waals surface area contributed by atoms with Crippen LogP contribution >= 0.6 is 0 Å². The summed E-state index contributed by atoms with van der Waals surface area (Å²) in [5, 5.41) is 1.24. The summed E-state index contributed by atoms with van der Waals surface area (Å²) in [6.07, 6.45) is 0. The van der Waals surface area contributed by atoms with Gasteiger partial charge >= 0.3 is 0 Å². The van der Waals surface area contributed by atoms with E-state index in [1.165, 1.54) is 0 Å². The van der Waals surface area contributed by atoms with Crippen LogP contribution in [-0.4, -0.2) is 15.0 Å². The second kappa shape index (κ2) is 13.0. The predicted molar refractivity (Wildman–Crippen MR) is 227 cm³/mol. The van der Waals surface area contributed by atoms with Gasteiger partial charge in [-0.2, -0.15) is 0 Å². The average molecular weight is 729 g/mol. The van der Waals surface area contributed by atoms with E-state index < -0.39 is 77.6 Å². The van der Waals surface area contributed by atoms with Gasteiger partial charge in [0.05, 0.1) is 20.6 Å². The number of hydrogen-bond donors (Lipinski definition) is 0. The Balaban J connectivity index is 1.16. The lowest BCUT2D eigenvalue weighted by atomic mass is 10.0. The second-order valence-corrected chi connectivity index (χ2v) is 13.1. The summed E-state index contributed by atoms with van der Waals surface area (Å²) in [6, 6.07) is 32.2. The SMILES string of the molecule is [2H]c1c([2H])c([2H])c(-c2c([2H])c([2H])c3oc4c([2H])c(-c5nc(-c6ccc(-c7ccccc7)cc6)nc(-c6cccc7c6oc6c(-c8ccccc8)cccc67)n5)c([2H])c([2H])c4c3c2[2H])c([2H])c1[2H]. The summed E-state index contributed by atoms with van der Waals surface area (Å²) < 4.78 is 110. The lowest BCUT2D eigenvalue weighted by Gasteiger charge is -2.09. The Morgan fingerprint density at radius 2 is 0.946 bits per heavy atom. The molecule has 0 saturated heterocycles. The number of fused-ring (bicyclic) bond motifs is 6. The summed E-state index contributed by atoms with van der Waals surface area (Å²) in [7, 11) is 0. The van der Waals surface area contributed by atoms with Crippen molar-refractivity contribution in [2.24, 2.45) is 0 Å². The Hall–Kier alpha value is -7.63. The van der Waals surface area contributed by atoms with Crippen LogP contribution in [-0.2, 0) is 0 Å². The third-order valence-corrected chi connectivity index (χ3v) is 9.72. The molecule has 0 aliphatic rings. The van der Waals surface area contributed by atoms with Crippen molar-refractivity contribution in [3.63, 3.8) is 0 Å². The fraction of sp³-hybridized carbons (Fsp3) is 0. The Bertz CT molecular complexity index is 3850. The number of furan rings is 2. The number of aromatic nitrogens is 3. The van der Waals surface area contributed by atoms with Crippen molar-refractivity contribution < 1.29 is 23.9 Å². The first-order valence-corrected chi connectivity index (χ1v) is 17.8. The molecule has 0 bridgehead atoms. The molecule has 5 heteroatoms. The fourth-order valence-electron chi connectivity index (χ4n) is 7.02. The molecule has 0 radical (unpaired) electrons. The molecular formula is C51H31N3O2. The maximum Gasteiger partial charge on any atom is 0.167 e. The van der Waals surface area contributed by atoms with Gasteiger partial charge < -0.3 is 8.83 Å². The van der Waals surface area contributed by atoms with Gasteiger partial charge in [-0.1, -0.05) is 158 Å². The highest BCUT2D eigenvalue weighted by molar-refractivity contribution is 6.13. The van der Waals surface area contributed by atoms with Crippen LogP contribution in [0.5, 0.6) is 0 Å². The van der Waals surface area contributed by atoms with Gasteiger partial charge in [0.25, 0.3) is 0 Å². The summed E-state index contributed by atoms with van der Waals surface area (Å²) in [6.45, 7) is 0. The van der Waals surface area contributed by atoms with Crippen molar-refractivity contribution in [2.45, 2.75) is 0 Å². The van der Waals surface area contributed by atoms with Gasteiger partial charge in [-0.15, -0.1) is 0 Å². The molecule has 0 fully saturated rings. The van der Waals surface area contributed by atoms with E-state index in [4.69, 9.17) is 33.4 Å². The Morgan fingerprint density at radius 3 is 1.70 bits per heavy atom. The van der Waals surface area contributed by atoms with E-state index in [0.717, 1.165) is 33.0 Å². The smallest absolute Gasteiger partial charge is 0.167 e. The van der Waals surface area contributed by atoms with E-state index in [-0.39, 0.29) is 45.0 Å². The maximum atomic E-state index is 9.57. The van der Waals surface area contributed by atoms with E-state index in [9.17, 15) is 5.48 Å². The molecule has 3 heterocycles. The number of hydrogen-bond acceptors (Lipinski definition) is 5. The molecule has 0 aliphatic carbocycles. The van der Waals surface area contributed by atoms with Gasteiger partial charge in [0.1, 0.15) is 22.3 Å². The number of benzene rings is 8. The van der Waals surface area contributed by atoms with Crippen LogP contribution < -0.4 is 0 Å². The largest absolute Gasteiger partial charge is 0.456 e. The molecule has 3 aromatic heterocycles. The van der Waals surface area contributed by atoms with Crippen molar-refractivity contribution in [3.8, 4) is 67.5 Å². The van der Waals surface area contributed by atoms with Crippen molar-refractivity contribution in [2.75, 3.05) is 0 Å². The summed E-state index contributed by atoms with van der Waals surface area (Å²) in [4.78, 5) is 14.7. The minimum absolute atomic E-state index is 0.144. The molecule has 0 aliphatic heterocycles. The molecule has 56 heavy (non-hydrogen) atoms. The molecule has 0 amide bonds. The Morgan fingerprint density at radius 1 is 0.339 bits per heavy atom. The van der Waals surface area contributed by atoms with E-state index in [1.54, 1.807) is 0 Å². The zero-order valence-corrected chi connectivity index (χ0v) is 29.2. The second-order valence-electron chi connectivity index (χ2n) is 13.1. The van der Waals surface area contributed by atoms with Crippen LogP contribution in [0.15, 0.2) is 197 Å². The molecule has 0 unspecified atom stereocenters. The third kappa shape index (κ3) is 5.45. The Labute approximate surface area is 337 Å².